The number of nitrogens with two attached hydrogens (primary N) is 1. The molecule has 6 heteroatoms. The van der Waals surface area contributed by atoms with Crippen molar-refractivity contribution in [3.05, 3.63) is 11.7 Å². The maximum Gasteiger partial charge on any atom is 0.246 e. The van der Waals surface area contributed by atoms with Crippen LogP contribution < -0.4 is 5.73 Å². The van der Waals surface area contributed by atoms with Crippen LogP contribution in [0.1, 0.15) is 51.9 Å². The van der Waals surface area contributed by atoms with Crippen molar-refractivity contribution in [1.82, 2.24) is 10.1 Å². The highest BCUT2D eigenvalue weighted by Gasteiger charge is 2.32. The third kappa shape index (κ3) is 3.02. The fraction of sp³-hybridized carbons (Fsp3) is 0.818. The summed E-state index contributed by atoms with van der Waals surface area (Å²) >= 11 is 0. The van der Waals surface area contributed by atoms with Crippen LogP contribution >= 0.6 is 0 Å². The van der Waals surface area contributed by atoms with Gasteiger partial charge in [0.05, 0.1) is 6.10 Å². The van der Waals surface area contributed by atoms with Crippen LogP contribution in [0.2, 0.25) is 0 Å². The molecule has 1 heterocycles. The number of hydrogen-bond acceptors (Lipinski definition) is 6. The molecule has 0 amide bonds. The molecule has 98 valence electrons. The minimum atomic E-state index is -0.733. The molecule has 3 N–H and O–H groups in total. The van der Waals surface area contributed by atoms with E-state index in [4.69, 9.17) is 15.0 Å². The summed E-state index contributed by atoms with van der Waals surface area (Å²) in [5.41, 5.74) is 5.15. The zero-order valence-corrected chi connectivity index (χ0v) is 10.8. The summed E-state index contributed by atoms with van der Waals surface area (Å²) in [5, 5.41) is 13.2. The SMILES string of the molecule is CCOC(C)(CC)c1noc(C(N)C(C)O)n1. The number of aromatic nitrogens is 2. The molecule has 3 atom stereocenters. The Morgan fingerprint density at radius 1 is 1.53 bits per heavy atom. The Hall–Kier alpha value is -0.980. The standard InChI is InChI=1S/C11H21N3O3/c1-5-11(4,16-6-2)10-13-9(17-14-10)8(12)7(3)15/h7-8,15H,5-6,12H2,1-4H3. The Morgan fingerprint density at radius 3 is 2.65 bits per heavy atom. The molecule has 0 saturated carbocycles. The summed E-state index contributed by atoms with van der Waals surface area (Å²) in [4.78, 5) is 4.21. The number of ether oxygens (including phenoxy) is 1. The van der Waals surface area contributed by atoms with Crippen molar-refractivity contribution >= 4 is 0 Å². The molecular formula is C11H21N3O3. The number of aliphatic hydroxyl groups is 1. The third-order valence-corrected chi connectivity index (χ3v) is 2.86. The fourth-order valence-corrected chi connectivity index (χ4v) is 1.44. The summed E-state index contributed by atoms with van der Waals surface area (Å²) in [6.45, 7) is 7.95. The second-order valence-electron chi connectivity index (χ2n) is 4.24. The first-order valence-corrected chi connectivity index (χ1v) is 5.86. The Bertz CT molecular complexity index is 353. The van der Waals surface area contributed by atoms with E-state index in [2.05, 4.69) is 10.1 Å². The molecule has 0 spiro atoms. The lowest BCUT2D eigenvalue weighted by Gasteiger charge is -2.23. The molecule has 1 aromatic rings. The Kier molecular flexibility index (Phi) is 4.62. The third-order valence-electron chi connectivity index (χ3n) is 2.86. The average Bonchev–Trinajstić information content (AvgIpc) is 2.77. The summed E-state index contributed by atoms with van der Waals surface area (Å²) in [7, 11) is 0. The van der Waals surface area contributed by atoms with Crippen molar-refractivity contribution in [2.75, 3.05) is 6.61 Å². The van der Waals surface area contributed by atoms with Crippen molar-refractivity contribution < 1.29 is 14.4 Å². The van der Waals surface area contributed by atoms with Gasteiger partial charge in [-0.1, -0.05) is 12.1 Å². The number of nitrogens with zero attached hydrogens (tertiary/aromatic N) is 2. The molecule has 1 rings (SSSR count). The van der Waals surface area contributed by atoms with Crippen LogP contribution in [0.15, 0.2) is 4.52 Å². The Morgan fingerprint density at radius 2 is 2.18 bits per heavy atom. The van der Waals surface area contributed by atoms with Crippen LogP contribution in [0.4, 0.5) is 0 Å². The minimum Gasteiger partial charge on any atom is -0.391 e. The number of hydrogen-bond donors (Lipinski definition) is 2. The summed E-state index contributed by atoms with van der Waals surface area (Å²) < 4.78 is 10.7. The normalized spacial score (nSPS) is 18.7. The quantitative estimate of drug-likeness (QED) is 0.777. The number of rotatable bonds is 6. The second kappa shape index (κ2) is 5.57. The first-order valence-electron chi connectivity index (χ1n) is 5.86. The highest BCUT2D eigenvalue weighted by Crippen LogP contribution is 2.27. The van der Waals surface area contributed by atoms with Crippen LogP contribution in [0.5, 0.6) is 0 Å². The van der Waals surface area contributed by atoms with E-state index in [0.29, 0.717) is 12.4 Å². The predicted octanol–water partition coefficient (Wildman–Crippen LogP) is 1.11. The van der Waals surface area contributed by atoms with Crippen LogP contribution in [-0.4, -0.2) is 28.0 Å². The first kappa shape index (κ1) is 14.1. The monoisotopic (exact) mass is 243 g/mol. The van der Waals surface area contributed by atoms with Gasteiger partial charge in [-0.2, -0.15) is 4.98 Å². The van der Waals surface area contributed by atoms with E-state index >= 15 is 0 Å². The average molecular weight is 243 g/mol. The molecule has 0 radical (unpaired) electrons. The van der Waals surface area contributed by atoms with Gasteiger partial charge in [-0.05, 0) is 27.2 Å². The van der Waals surface area contributed by atoms with E-state index < -0.39 is 17.7 Å². The lowest BCUT2D eigenvalue weighted by atomic mass is 10.0. The van der Waals surface area contributed by atoms with Gasteiger partial charge in [0.1, 0.15) is 11.6 Å². The van der Waals surface area contributed by atoms with Gasteiger partial charge in [0, 0.05) is 6.61 Å². The van der Waals surface area contributed by atoms with Gasteiger partial charge in [0.15, 0.2) is 0 Å². The first-order chi connectivity index (χ1) is 7.94. The number of aliphatic hydroxyl groups excluding tert-OH is 1. The van der Waals surface area contributed by atoms with Crippen molar-refractivity contribution in [3.8, 4) is 0 Å². The van der Waals surface area contributed by atoms with Crippen LogP contribution in [-0.2, 0) is 10.3 Å². The van der Waals surface area contributed by atoms with Crippen molar-refractivity contribution in [3.63, 3.8) is 0 Å². The molecule has 0 aromatic carbocycles. The van der Waals surface area contributed by atoms with Crippen LogP contribution in [0.3, 0.4) is 0 Å². The lowest BCUT2D eigenvalue weighted by Crippen LogP contribution is -2.27. The van der Waals surface area contributed by atoms with E-state index in [1.54, 1.807) is 6.92 Å². The molecule has 6 nitrogen and oxygen atoms in total. The van der Waals surface area contributed by atoms with Gasteiger partial charge >= 0.3 is 0 Å². The van der Waals surface area contributed by atoms with Gasteiger partial charge in [-0.3, -0.25) is 0 Å². The van der Waals surface area contributed by atoms with Crippen molar-refractivity contribution in [1.29, 1.82) is 0 Å². The largest absolute Gasteiger partial charge is 0.391 e. The van der Waals surface area contributed by atoms with E-state index in [9.17, 15) is 5.11 Å². The molecule has 0 aliphatic rings. The lowest BCUT2D eigenvalue weighted by molar-refractivity contribution is -0.0403. The van der Waals surface area contributed by atoms with Gasteiger partial charge in [-0.15, -0.1) is 0 Å². The Balaban J connectivity index is 2.93. The van der Waals surface area contributed by atoms with Gasteiger partial charge < -0.3 is 20.1 Å². The molecule has 0 saturated heterocycles. The zero-order valence-electron chi connectivity index (χ0n) is 10.8. The maximum absolute atomic E-state index is 9.36. The summed E-state index contributed by atoms with van der Waals surface area (Å²) in [6, 6.07) is -0.668. The molecule has 0 aliphatic carbocycles. The maximum atomic E-state index is 9.36. The highest BCUT2D eigenvalue weighted by atomic mass is 16.5. The molecular weight excluding hydrogens is 222 g/mol. The highest BCUT2D eigenvalue weighted by molar-refractivity contribution is 5.02. The summed E-state index contributed by atoms with van der Waals surface area (Å²) in [6.07, 6.45) is -0.00716. The van der Waals surface area contributed by atoms with Crippen LogP contribution in [0.25, 0.3) is 0 Å². The fourth-order valence-electron chi connectivity index (χ4n) is 1.44. The van der Waals surface area contributed by atoms with E-state index in [-0.39, 0.29) is 5.89 Å². The summed E-state index contributed by atoms with van der Waals surface area (Å²) in [5.74, 6) is 0.697. The molecule has 17 heavy (non-hydrogen) atoms. The molecule has 1 aromatic heterocycles. The topological polar surface area (TPSA) is 94.4 Å². The Labute approximate surface area is 101 Å². The molecule has 3 unspecified atom stereocenters. The van der Waals surface area contributed by atoms with E-state index in [1.807, 2.05) is 20.8 Å². The predicted molar refractivity (Wildman–Crippen MR) is 62.2 cm³/mol. The van der Waals surface area contributed by atoms with Gasteiger partial charge in [0.2, 0.25) is 11.7 Å². The molecule has 0 fully saturated rings. The van der Waals surface area contributed by atoms with Crippen molar-refractivity contribution in [2.45, 2.75) is 51.9 Å². The zero-order chi connectivity index (χ0) is 13.1. The van der Waals surface area contributed by atoms with Crippen molar-refractivity contribution in [2.24, 2.45) is 5.73 Å². The van der Waals surface area contributed by atoms with Gasteiger partial charge in [0.25, 0.3) is 0 Å². The van der Waals surface area contributed by atoms with Gasteiger partial charge in [-0.25, -0.2) is 0 Å². The second-order valence-corrected chi connectivity index (χ2v) is 4.24. The van der Waals surface area contributed by atoms with Crippen LogP contribution in [0, 0.1) is 0 Å². The molecule has 0 bridgehead atoms. The molecule has 0 aliphatic heterocycles. The van der Waals surface area contributed by atoms with E-state index in [1.165, 1.54) is 0 Å². The minimum absolute atomic E-state index is 0.231. The smallest absolute Gasteiger partial charge is 0.246 e. The van der Waals surface area contributed by atoms with E-state index in [0.717, 1.165) is 6.42 Å².